The fraction of sp³-hybridized carbons (Fsp3) is 0. The van der Waals surface area contributed by atoms with Crippen molar-refractivity contribution in [3.63, 3.8) is 0 Å². The Bertz CT molecular complexity index is 604. The molecule has 2 rings (SSSR count). The second-order valence-corrected chi connectivity index (χ2v) is 5.56. The maximum atomic E-state index is 6.05. The summed E-state index contributed by atoms with van der Waals surface area (Å²) in [5.41, 5.74) is 6.16. The minimum Gasteiger partial charge on any atom is -0.454 e. The molecule has 0 aliphatic heterocycles. The number of ether oxygens (including phenoxy) is 1. The van der Waals surface area contributed by atoms with Crippen LogP contribution in [0.15, 0.2) is 34.8 Å². The number of rotatable bonds is 2. The van der Waals surface area contributed by atoms with Gasteiger partial charge in [-0.05, 0) is 40.2 Å². The zero-order valence-corrected chi connectivity index (χ0v) is 12.7. The lowest BCUT2D eigenvalue weighted by Crippen LogP contribution is -1.89. The normalized spacial score (nSPS) is 10.4. The van der Waals surface area contributed by atoms with Crippen molar-refractivity contribution in [2.24, 2.45) is 0 Å². The molecule has 2 nitrogen and oxygen atoms in total. The third-order valence-corrected chi connectivity index (χ3v) is 3.94. The molecule has 0 bridgehead atoms. The van der Waals surface area contributed by atoms with E-state index in [4.69, 9.17) is 45.3 Å². The van der Waals surface area contributed by atoms with Crippen LogP contribution in [-0.4, -0.2) is 0 Å². The average molecular weight is 367 g/mol. The van der Waals surface area contributed by atoms with E-state index >= 15 is 0 Å². The summed E-state index contributed by atoms with van der Waals surface area (Å²) in [6.07, 6.45) is 0. The number of anilines is 1. The van der Waals surface area contributed by atoms with Gasteiger partial charge >= 0.3 is 0 Å². The standard InChI is InChI=1S/C12H7BrCl3NO/c13-7-4-10(16)12(5-8(7)14)18-11-2-1-6(17)3-9(11)15/h1-5H,17H2. The van der Waals surface area contributed by atoms with Crippen LogP contribution in [0.5, 0.6) is 11.5 Å². The maximum absolute atomic E-state index is 6.05. The molecule has 2 aromatic carbocycles. The lowest BCUT2D eigenvalue weighted by Gasteiger charge is -2.10. The SMILES string of the molecule is Nc1ccc(Oc2cc(Cl)c(Br)cc2Cl)c(Cl)c1. The van der Waals surface area contributed by atoms with Gasteiger partial charge < -0.3 is 10.5 Å². The van der Waals surface area contributed by atoms with E-state index in [1.165, 1.54) is 0 Å². The average Bonchev–Trinajstić information content (AvgIpc) is 2.29. The van der Waals surface area contributed by atoms with Crippen molar-refractivity contribution in [3.05, 3.63) is 49.9 Å². The Kier molecular flexibility index (Phi) is 4.28. The smallest absolute Gasteiger partial charge is 0.147 e. The van der Waals surface area contributed by atoms with Crippen molar-refractivity contribution in [3.8, 4) is 11.5 Å². The summed E-state index contributed by atoms with van der Waals surface area (Å²) in [6, 6.07) is 8.23. The molecule has 2 N–H and O–H groups in total. The molecular weight excluding hydrogens is 360 g/mol. The highest BCUT2D eigenvalue weighted by Crippen LogP contribution is 2.38. The van der Waals surface area contributed by atoms with Gasteiger partial charge in [-0.1, -0.05) is 34.8 Å². The summed E-state index contributed by atoms with van der Waals surface area (Å²) in [5, 5.41) is 1.34. The number of nitrogen functional groups attached to an aromatic ring is 1. The highest BCUT2D eigenvalue weighted by Gasteiger charge is 2.10. The zero-order chi connectivity index (χ0) is 13.3. The Labute approximate surface area is 128 Å². The van der Waals surface area contributed by atoms with E-state index in [0.29, 0.717) is 36.7 Å². The molecule has 0 saturated carbocycles. The fourth-order valence-corrected chi connectivity index (χ4v) is 2.36. The Hall–Kier alpha value is -0.610. The molecule has 94 valence electrons. The number of benzene rings is 2. The number of halogens is 4. The van der Waals surface area contributed by atoms with E-state index in [1.807, 2.05) is 0 Å². The van der Waals surface area contributed by atoms with Gasteiger partial charge in [0.1, 0.15) is 11.5 Å². The first-order valence-electron chi connectivity index (χ1n) is 4.85. The molecule has 6 heteroatoms. The highest BCUT2D eigenvalue weighted by atomic mass is 79.9. The fourth-order valence-electron chi connectivity index (χ4n) is 1.30. The Morgan fingerprint density at radius 2 is 1.56 bits per heavy atom. The molecule has 0 spiro atoms. The summed E-state index contributed by atoms with van der Waals surface area (Å²) in [4.78, 5) is 0. The first kappa shape index (κ1) is 13.8. The summed E-state index contributed by atoms with van der Waals surface area (Å²) >= 11 is 21.3. The minimum atomic E-state index is 0.408. The molecule has 0 atom stereocenters. The zero-order valence-electron chi connectivity index (χ0n) is 8.88. The van der Waals surface area contributed by atoms with E-state index in [9.17, 15) is 0 Å². The van der Waals surface area contributed by atoms with Gasteiger partial charge in [-0.2, -0.15) is 0 Å². The van der Waals surface area contributed by atoms with Gasteiger partial charge in [-0.3, -0.25) is 0 Å². The van der Waals surface area contributed by atoms with Gasteiger partial charge in [-0.25, -0.2) is 0 Å². The molecule has 0 saturated heterocycles. The summed E-state index contributed by atoms with van der Waals surface area (Å²) in [6.45, 7) is 0. The lowest BCUT2D eigenvalue weighted by atomic mass is 10.3. The molecule has 0 amide bonds. The van der Waals surface area contributed by atoms with E-state index in [1.54, 1.807) is 30.3 Å². The van der Waals surface area contributed by atoms with Gasteiger partial charge in [0.2, 0.25) is 0 Å². The van der Waals surface area contributed by atoms with Gasteiger partial charge in [0.15, 0.2) is 0 Å². The predicted molar refractivity (Wildman–Crippen MR) is 80.1 cm³/mol. The lowest BCUT2D eigenvalue weighted by molar-refractivity contribution is 0.483. The first-order chi connectivity index (χ1) is 8.47. The highest BCUT2D eigenvalue weighted by molar-refractivity contribution is 9.10. The second-order valence-electron chi connectivity index (χ2n) is 3.49. The van der Waals surface area contributed by atoms with E-state index in [0.717, 1.165) is 0 Å². The first-order valence-corrected chi connectivity index (χ1v) is 6.77. The van der Waals surface area contributed by atoms with Crippen LogP contribution < -0.4 is 10.5 Å². The van der Waals surface area contributed by atoms with Crippen LogP contribution in [0.3, 0.4) is 0 Å². The van der Waals surface area contributed by atoms with Crippen LogP contribution in [0.2, 0.25) is 15.1 Å². The van der Waals surface area contributed by atoms with Crippen molar-refractivity contribution < 1.29 is 4.74 Å². The van der Waals surface area contributed by atoms with E-state index in [-0.39, 0.29) is 0 Å². The molecule has 0 radical (unpaired) electrons. The molecule has 18 heavy (non-hydrogen) atoms. The van der Waals surface area contributed by atoms with Crippen LogP contribution >= 0.6 is 50.7 Å². The van der Waals surface area contributed by atoms with Crippen molar-refractivity contribution in [2.75, 3.05) is 5.73 Å². The molecule has 0 aliphatic rings. The van der Waals surface area contributed by atoms with Crippen molar-refractivity contribution in [1.29, 1.82) is 0 Å². The van der Waals surface area contributed by atoms with Crippen LogP contribution in [-0.2, 0) is 0 Å². The summed E-state index contributed by atoms with van der Waals surface area (Å²) < 4.78 is 6.31. The van der Waals surface area contributed by atoms with E-state index in [2.05, 4.69) is 15.9 Å². The van der Waals surface area contributed by atoms with Gasteiger partial charge in [0, 0.05) is 16.2 Å². The molecule has 0 aromatic heterocycles. The molecule has 2 aromatic rings. The minimum absolute atomic E-state index is 0.408. The monoisotopic (exact) mass is 365 g/mol. The second kappa shape index (κ2) is 5.57. The molecule has 0 aliphatic carbocycles. The maximum Gasteiger partial charge on any atom is 0.147 e. The summed E-state index contributed by atoms with van der Waals surface area (Å²) in [5.74, 6) is 0.891. The van der Waals surface area contributed by atoms with Crippen molar-refractivity contribution in [2.45, 2.75) is 0 Å². The van der Waals surface area contributed by atoms with Crippen LogP contribution in [0.25, 0.3) is 0 Å². The van der Waals surface area contributed by atoms with Gasteiger partial charge in [0.25, 0.3) is 0 Å². The predicted octanol–water partition coefficient (Wildman–Crippen LogP) is 5.78. The molecular formula is C12H7BrCl3NO. The van der Waals surface area contributed by atoms with Crippen molar-refractivity contribution in [1.82, 2.24) is 0 Å². The van der Waals surface area contributed by atoms with Crippen LogP contribution in [0, 0.1) is 0 Å². The van der Waals surface area contributed by atoms with Crippen LogP contribution in [0.4, 0.5) is 5.69 Å². The molecule has 0 fully saturated rings. The Balaban J connectivity index is 2.37. The quantitative estimate of drug-likeness (QED) is 0.539. The molecule has 0 unspecified atom stereocenters. The third kappa shape index (κ3) is 3.04. The van der Waals surface area contributed by atoms with Gasteiger partial charge in [-0.15, -0.1) is 0 Å². The van der Waals surface area contributed by atoms with E-state index < -0.39 is 0 Å². The number of hydrogen-bond donors (Lipinski definition) is 1. The molecule has 0 heterocycles. The Morgan fingerprint density at radius 1 is 0.889 bits per heavy atom. The number of nitrogens with two attached hydrogens (primary N) is 1. The van der Waals surface area contributed by atoms with Gasteiger partial charge in [0.05, 0.1) is 15.1 Å². The van der Waals surface area contributed by atoms with Crippen molar-refractivity contribution >= 4 is 56.4 Å². The van der Waals surface area contributed by atoms with Crippen LogP contribution in [0.1, 0.15) is 0 Å². The topological polar surface area (TPSA) is 35.2 Å². The largest absolute Gasteiger partial charge is 0.454 e. The Morgan fingerprint density at radius 3 is 2.22 bits per heavy atom. The summed E-state index contributed by atoms with van der Waals surface area (Å²) in [7, 11) is 0. The third-order valence-electron chi connectivity index (χ3n) is 2.15. The number of hydrogen-bond acceptors (Lipinski definition) is 2.